The minimum Gasteiger partial charge on any atom is -0.368 e. The number of sulfonamides is 1. The summed E-state index contributed by atoms with van der Waals surface area (Å²) in [5, 5.41) is 8.52. The summed E-state index contributed by atoms with van der Waals surface area (Å²) in [5.74, 6) is -0.378. The molecule has 0 radical (unpaired) electrons. The van der Waals surface area contributed by atoms with Gasteiger partial charge in [-0.15, -0.1) is 0 Å². The van der Waals surface area contributed by atoms with Crippen molar-refractivity contribution in [2.45, 2.75) is 32.0 Å². The van der Waals surface area contributed by atoms with Gasteiger partial charge in [-0.25, -0.2) is 12.8 Å². The molecule has 2 rings (SSSR count). The molecule has 5 nitrogen and oxygen atoms in total. The summed E-state index contributed by atoms with van der Waals surface area (Å²) >= 11 is 0. The van der Waals surface area contributed by atoms with Gasteiger partial charge in [0.1, 0.15) is 5.82 Å². The van der Waals surface area contributed by atoms with Crippen LogP contribution in [0.2, 0.25) is 0 Å². The van der Waals surface area contributed by atoms with Crippen LogP contribution >= 0.6 is 0 Å². The van der Waals surface area contributed by atoms with Gasteiger partial charge in [-0.3, -0.25) is 0 Å². The Morgan fingerprint density at radius 2 is 2.05 bits per heavy atom. The van der Waals surface area contributed by atoms with E-state index in [0.717, 1.165) is 5.56 Å². The van der Waals surface area contributed by atoms with Crippen molar-refractivity contribution in [1.29, 1.82) is 5.26 Å². The highest BCUT2D eigenvalue weighted by Gasteiger charge is 2.33. The zero-order valence-electron chi connectivity index (χ0n) is 12.4. The zero-order valence-corrected chi connectivity index (χ0v) is 13.2. The second-order valence-corrected chi connectivity index (χ2v) is 7.47. The number of ether oxygens (including phenoxy) is 1. The van der Waals surface area contributed by atoms with Crippen LogP contribution in [0.5, 0.6) is 0 Å². The van der Waals surface area contributed by atoms with Gasteiger partial charge in [0.25, 0.3) is 0 Å². The third kappa shape index (κ3) is 4.26. The Hall–Kier alpha value is -1.49. The number of unbranched alkanes of at least 4 members (excludes halogenated alkanes) is 1. The number of benzene rings is 1. The van der Waals surface area contributed by atoms with Crippen LogP contribution in [0.4, 0.5) is 4.39 Å². The van der Waals surface area contributed by atoms with E-state index in [1.54, 1.807) is 12.1 Å². The molecule has 1 aromatic carbocycles. The first kappa shape index (κ1) is 16.9. The van der Waals surface area contributed by atoms with E-state index < -0.39 is 16.1 Å². The maximum Gasteiger partial charge on any atom is 0.214 e. The lowest BCUT2D eigenvalue weighted by Gasteiger charge is -2.36. The van der Waals surface area contributed by atoms with Crippen LogP contribution in [-0.4, -0.2) is 37.7 Å². The summed E-state index contributed by atoms with van der Waals surface area (Å²) in [6.07, 6.45) is -0.101. The average molecular weight is 326 g/mol. The van der Waals surface area contributed by atoms with Crippen LogP contribution in [0.15, 0.2) is 24.3 Å². The first-order valence-corrected chi connectivity index (χ1v) is 8.79. The van der Waals surface area contributed by atoms with Crippen molar-refractivity contribution < 1.29 is 17.5 Å². The molecule has 1 fully saturated rings. The Morgan fingerprint density at radius 3 is 2.68 bits per heavy atom. The molecule has 1 heterocycles. The molecule has 1 aliphatic rings. The number of nitrogens with zero attached hydrogens (tertiary/aromatic N) is 2. The Bertz CT molecular complexity index is 640. The standard InChI is InChI=1S/C15H19FN2O3S/c1-12-10-18(22(19,20)9-3-2-8-17)11-15(21-12)13-4-6-14(16)7-5-13/h4-7,12,15H,2-3,9-11H2,1H3/t12-,15+/m0/s1. The molecule has 2 atom stereocenters. The second-order valence-electron chi connectivity index (χ2n) is 5.38. The van der Waals surface area contributed by atoms with Crippen LogP contribution in [-0.2, 0) is 14.8 Å². The first-order chi connectivity index (χ1) is 10.4. The minimum atomic E-state index is -3.41. The third-order valence-electron chi connectivity index (χ3n) is 3.55. The van der Waals surface area contributed by atoms with Crippen LogP contribution in [0.25, 0.3) is 0 Å². The van der Waals surface area contributed by atoms with Crippen molar-refractivity contribution in [2.24, 2.45) is 0 Å². The Labute approximate surface area is 130 Å². The molecule has 0 aromatic heterocycles. The lowest BCUT2D eigenvalue weighted by Crippen LogP contribution is -2.46. The molecule has 0 bridgehead atoms. The molecule has 1 aromatic rings. The van der Waals surface area contributed by atoms with Gasteiger partial charge in [-0.1, -0.05) is 12.1 Å². The van der Waals surface area contributed by atoms with Crippen molar-refractivity contribution in [3.63, 3.8) is 0 Å². The van der Waals surface area contributed by atoms with Crippen molar-refractivity contribution in [3.05, 3.63) is 35.6 Å². The molecule has 120 valence electrons. The molecular weight excluding hydrogens is 307 g/mol. The molecule has 1 aliphatic heterocycles. The van der Waals surface area contributed by atoms with Crippen molar-refractivity contribution in [3.8, 4) is 6.07 Å². The Kier molecular flexibility index (Phi) is 5.51. The van der Waals surface area contributed by atoms with Crippen molar-refractivity contribution >= 4 is 10.0 Å². The van der Waals surface area contributed by atoms with Gasteiger partial charge in [-0.2, -0.15) is 9.57 Å². The Balaban J connectivity index is 2.10. The monoisotopic (exact) mass is 326 g/mol. The highest BCUT2D eigenvalue weighted by Crippen LogP contribution is 2.27. The van der Waals surface area contributed by atoms with Gasteiger partial charge in [0.15, 0.2) is 0 Å². The topological polar surface area (TPSA) is 70.4 Å². The molecule has 0 aliphatic carbocycles. The lowest BCUT2D eigenvalue weighted by atomic mass is 10.1. The summed E-state index contributed by atoms with van der Waals surface area (Å²) in [4.78, 5) is 0. The van der Waals surface area contributed by atoms with E-state index in [4.69, 9.17) is 10.00 Å². The summed E-state index contributed by atoms with van der Waals surface area (Å²) in [7, 11) is -3.41. The van der Waals surface area contributed by atoms with E-state index in [2.05, 4.69) is 0 Å². The van der Waals surface area contributed by atoms with E-state index in [1.165, 1.54) is 16.4 Å². The molecule has 7 heteroatoms. The van der Waals surface area contributed by atoms with E-state index in [-0.39, 0.29) is 30.6 Å². The number of morpholine rings is 1. The minimum absolute atomic E-state index is 0.0383. The van der Waals surface area contributed by atoms with E-state index in [9.17, 15) is 12.8 Å². The van der Waals surface area contributed by atoms with Crippen LogP contribution < -0.4 is 0 Å². The SMILES string of the molecule is C[C@H]1CN(S(=O)(=O)CCCC#N)C[C@H](c2ccc(F)cc2)O1. The molecule has 1 saturated heterocycles. The number of nitriles is 1. The third-order valence-corrected chi connectivity index (χ3v) is 5.44. The predicted octanol–water partition coefficient (Wildman–Crippen LogP) is 2.22. The van der Waals surface area contributed by atoms with Gasteiger partial charge in [0, 0.05) is 19.5 Å². The molecule has 0 spiro atoms. The molecule has 0 N–H and O–H groups in total. The quantitative estimate of drug-likeness (QED) is 0.778. The lowest BCUT2D eigenvalue weighted by molar-refractivity contribution is -0.0557. The fraction of sp³-hybridized carbons (Fsp3) is 0.533. The number of hydrogen-bond donors (Lipinski definition) is 0. The number of hydrogen-bond acceptors (Lipinski definition) is 4. The average Bonchev–Trinajstić information content (AvgIpc) is 2.47. The number of rotatable bonds is 5. The van der Waals surface area contributed by atoms with Crippen LogP contribution in [0.1, 0.15) is 31.4 Å². The Morgan fingerprint density at radius 1 is 1.36 bits per heavy atom. The van der Waals surface area contributed by atoms with Gasteiger partial charge < -0.3 is 4.74 Å². The van der Waals surface area contributed by atoms with E-state index in [1.807, 2.05) is 13.0 Å². The molecule has 0 saturated carbocycles. The maximum absolute atomic E-state index is 13.0. The predicted molar refractivity (Wildman–Crippen MR) is 79.9 cm³/mol. The number of halogens is 1. The van der Waals surface area contributed by atoms with Crippen LogP contribution in [0.3, 0.4) is 0 Å². The molecule has 22 heavy (non-hydrogen) atoms. The zero-order chi connectivity index (χ0) is 16.2. The van der Waals surface area contributed by atoms with Gasteiger partial charge >= 0.3 is 0 Å². The maximum atomic E-state index is 13.0. The smallest absolute Gasteiger partial charge is 0.214 e. The van der Waals surface area contributed by atoms with Gasteiger partial charge in [0.2, 0.25) is 10.0 Å². The van der Waals surface area contributed by atoms with E-state index in [0.29, 0.717) is 13.0 Å². The highest BCUT2D eigenvalue weighted by molar-refractivity contribution is 7.89. The normalized spacial score (nSPS) is 23.1. The summed E-state index contributed by atoms with van der Waals surface area (Å²) in [5.41, 5.74) is 0.755. The van der Waals surface area contributed by atoms with E-state index >= 15 is 0 Å². The van der Waals surface area contributed by atoms with Crippen LogP contribution in [0, 0.1) is 17.1 Å². The van der Waals surface area contributed by atoms with Gasteiger partial charge in [-0.05, 0) is 31.0 Å². The van der Waals surface area contributed by atoms with Crippen molar-refractivity contribution in [1.82, 2.24) is 4.31 Å². The summed E-state index contributed by atoms with van der Waals surface area (Å²) in [6, 6.07) is 7.84. The fourth-order valence-electron chi connectivity index (χ4n) is 2.46. The highest BCUT2D eigenvalue weighted by atomic mass is 32.2. The van der Waals surface area contributed by atoms with Crippen molar-refractivity contribution in [2.75, 3.05) is 18.8 Å². The molecule has 0 amide bonds. The molecule has 0 unspecified atom stereocenters. The summed E-state index contributed by atoms with van der Waals surface area (Å²) < 4.78 is 44.9. The first-order valence-electron chi connectivity index (χ1n) is 7.18. The fourth-order valence-corrected chi connectivity index (χ4v) is 4.03. The summed E-state index contributed by atoms with van der Waals surface area (Å²) in [6.45, 7) is 2.32. The van der Waals surface area contributed by atoms with Gasteiger partial charge in [0.05, 0.1) is 24.0 Å². The second kappa shape index (κ2) is 7.18. The molecular formula is C15H19FN2O3S. The largest absolute Gasteiger partial charge is 0.368 e.